The highest BCUT2D eigenvalue weighted by Crippen LogP contribution is 2.32. The topological polar surface area (TPSA) is 65.7 Å². The smallest absolute Gasteiger partial charge is 0.149 e. The lowest BCUT2D eigenvalue weighted by Crippen LogP contribution is -1.94. The molecule has 0 saturated carbocycles. The number of aromatic hydroxyl groups is 2. The Morgan fingerprint density at radius 2 is 1.70 bits per heavy atom. The molecule has 0 aliphatic carbocycles. The van der Waals surface area contributed by atoms with Crippen molar-refractivity contribution in [3.63, 3.8) is 0 Å². The monoisotopic (exact) mass is 310 g/mol. The van der Waals surface area contributed by atoms with Gasteiger partial charge in [0.2, 0.25) is 0 Å². The minimum atomic E-state index is -0.109. The zero-order valence-electron chi connectivity index (χ0n) is 10.9. The highest BCUT2D eigenvalue weighted by molar-refractivity contribution is 6.36. The van der Waals surface area contributed by atoms with Crippen molar-refractivity contribution in [2.24, 2.45) is 4.99 Å². The zero-order chi connectivity index (χ0) is 14.9. The second-order valence-corrected chi connectivity index (χ2v) is 5.09. The average Bonchev–Trinajstić information content (AvgIpc) is 2.38. The number of halogens is 2. The van der Waals surface area contributed by atoms with E-state index < -0.39 is 0 Å². The van der Waals surface area contributed by atoms with E-state index in [1.54, 1.807) is 32.0 Å². The van der Waals surface area contributed by atoms with Crippen LogP contribution in [0.1, 0.15) is 17.0 Å². The van der Waals surface area contributed by atoms with Crippen molar-refractivity contribution in [3.8, 4) is 11.5 Å². The lowest BCUT2D eigenvalue weighted by Gasteiger charge is -2.07. The molecular weight excluding hydrogens is 299 g/mol. The number of benzene rings is 1. The molecule has 0 aliphatic heterocycles. The molecule has 0 saturated heterocycles. The molecule has 2 aromatic rings. The Morgan fingerprint density at radius 3 is 2.25 bits per heavy atom. The Balaban J connectivity index is 2.46. The van der Waals surface area contributed by atoms with Gasteiger partial charge in [0.1, 0.15) is 11.5 Å². The maximum absolute atomic E-state index is 9.93. The Morgan fingerprint density at radius 1 is 1.10 bits per heavy atom. The summed E-state index contributed by atoms with van der Waals surface area (Å²) in [5.41, 5.74) is 1.54. The van der Waals surface area contributed by atoms with E-state index in [1.807, 2.05) is 0 Å². The van der Waals surface area contributed by atoms with E-state index in [2.05, 4.69) is 9.98 Å². The van der Waals surface area contributed by atoms with Crippen LogP contribution in [0.5, 0.6) is 11.5 Å². The molecule has 1 aromatic carbocycles. The van der Waals surface area contributed by atoms with Crippen LogP contribution < -0.4 is 0 Å². The summed E-state index contributed by atoms with van der Waals surface area (Å²) in [5, 5.41) is 20.7. The standard InChI is InChI=1S/C14H12Cl2N2O2/c1-7-13(19)10(14(20)8(2)18-7)6-17-12-4-3-9(15)5-11(12)16/h3-6,19-20H,1-2H3. The van der Waals surface area contributed by atoms with Crippen molar-refractivity contribution in [1.29, 1.82) is 0 Å². The first-order chi connectivity index (χ1) is 9.40. The molecule has 6 heteroatoms. The molecule has 20 heavy (non-hydrogen) atoms. The summed E-state index contributed by atoms with van der Waals surface area (Å²) in [6, 6.07) is 4.87. The van der Waals surface area contributed by atoms with Gasteiger partial charge >= 0.3 is 0 Å². The second-order valence-electron chi connectivity index (χ2n) is 4.25. The molecule has 1 heterocycles. The largest absolute Gasteiger partial charge is 0.505 e. The maximum Gasteiger partial charge on any atom is 0.149 e. The van der Waals surface area contributed by atoms with Gasteiger partial charge in [0.15, 0.2) is 0 Å². The molecule has 104 valence electrons. The first kappa shape index (κ1) is 14.6. The van der Waals surface area contributed by atoms with Gasteiger partial charge in [-0.05, 0) is 32.0 Å². The van der Waals surface area contributed by atoms with E-state index in [9.17, 15) is 10.2 Å². The number of hydrogen-bond donors (Lipinski definition) is 2. The molecular formula is C14H12Cl2N2O2. The van der Waals surface area contributed by atoms with Crippen LogP contribution in [0.3, 0.4) is 0 Å². The Bertz CT molecular complexity index is 674. The molecule has 0 amide bonds. The molecule has 0 atom stereocenters. The second kappa shape index (κ2) is 5.69. The van der Waals surface area contributed by atoms with Gasteiger partial charge in [0.05, 0.1) is 27.7 Å². The van der Waals surface area contributed by atoms with E-state index in [1.165, 1.54) is 6.21 Å². The van der Waals surface area contributed by atoms with Gasteiger partial charge in [-0.2, -0.15) is 0 Å². The Labute approximate surface area is 126 Å². The summed E-state index contributed by atoms with van der Waals surface area (Å²) in [6.07, 6.45) is 1.35. The van der Waals surface area contributed by atoms with Crippen LogP contribution in [-0.4, -0.2) is 21.4 Å². The number of rotatable bonds is 2. The lowest BCUT2D eigenvalue weighted by atomic mass is 10.1. The van der Waals surface area contributed by atoms with Crippen molar-refractivity contribution in [1.82, 2.24) is 4.98 Å². The highest BCUT2D eigenvalue weighted by atomic mass is 35.5. The van der Waals surface area contributed by atoms with Gasteiger partial charge in [0, 0.05) is 11.2 Å². The molecule has 4 nitrogen and oxygen atoms in total. The summed E-state index contributed by atoms with van der Waals surface area (Å²) in [6.45, 7) is 3.29. The van der Waals surface area contributed by atoms with Crippen LogP contribution in [-0.2, 0) is 0 Å². The lowest BCUT2D eigenvalue weighted by molar-refractivity contribution is 0.437. The Hall–Kier alpha value is -1.78. The summed E-state index contributed by atoms with van der Waals surface area (Å²) in [7, 11) is 0. The van der Waals surface area contributed by atoms with Crippen molar-refractivity contribution in [2.75, 3.05) is 0 Å². The third-order valence-electron chi connectivity index (χ3n) is 2.77. The van der Waals surface area contributed by atoms with Crippen molar-refractivity contribution in [2.45, 2.75) is 13.8 Å². The van der Waals surface area contributed by atoms with Crippen LogP contribution >= 0.6 is 23.2 Å². The molecule has 0 spiro atoms. The normalized spacial score (nSPS) is 11.2. The summed E-state index contributed by atoms with van der Waals surface area (Å²) < 4.78 is 0. The fraction of sp³-hybridized carbons (Fsp3) is 0.143. The first-order valence-electron chi connectivity index (χ1n) is 5.78. The molecule has 0 aliphatic rings. The van der Waals surface area contributed by atoms with Crippen LogP contribution in [0.4, 0.5) is 5.69 Å². The van der Waals surface area contributed by atoms with E-state index in [-0.39, 0.29) is 17.1 Å². The predicted molar refractivity (Wildman–Crippen MR) is 80.8 cm³/mol. The summed E-state index contributed by atoms with van der Waals surface area (Å²) in [4.78, 5) is 8.17. The fourth-order valence-corrected chi connectivity index (χ4v) is 2.16. The number of aryl methyl sites for hydroxylation is 2. The van der Waals surface area contributed by atoms with Gasteiger partial charge in [0.25, 0.3) is 0 Å². The minimum Gasteiger partial charge on any atom is -0.505 e. The zero-order valence-corrected chi connectivity index (χ0v) is 12.4. The molecule has 0 radical (unpaired) electrons. The highest BCUT2D eigenvalue weighted by Gasteiger charge is 2.12. The molecule has 0 fully saturated rings. The molecule has 1 aromatic heterocycles. The average molecular weight is 311 g/mol. The van der Waals surface area contributed by atoms with Crippen molar-refractivity contribution < 1.29 is 10.2 Å². The fourth-order valence-electron chi connectivity index (χ4n) is 1.70. The SMILES string of the molecule is Cc1nc(C)c(O)c(C=Nc2ccc(Cl)cc2Cl)c1O. The van der Waals surface area contributed by atoms with Crippen LogP contribution in [0.15, 0.2) is 23.2 Å². The maximum atomic E-state index is 9.93. The van der Waals surface area contributed by atoms with Crippen LogP contribution in [0, 0.1) is 13.8 Å². The third kappa shape index (κ3) is 2.86. The van der Waals surface area contributed by atoms with Gasteiger partial charge in [-0.3, -0.25) is 9.98 Å². The van der Waals surface area contributed by atoms with Gasteiger partial charge in [-0.25, -0.2) is 0 Å². The quantitative estimate of drug-likeness (QED) is 0.818. The Kier molecular flexibility index (Phi) is 4.16. The number of pyridine rings is 1. The summed E-state index contributed by atoms with van der Waals surface area (Å²) in [5.74, 6) is -0.219. The van der Waals surface area contributed by atoms with E-state index >= 15 is 0 Å². The molecule has 0 bridgehead atoms. The van der Waals surface area contributed by atoms with E-state index in [0.29, 0.717) is 27.1 Å². The number of aliphatic imine (C=N–C) groups is 1. The number of nitrogens with zero attached hydrogens (tertiary/aromatic N) is 2. The van der Waals surface area contributed by atoms with Crippen molar-refractivity contribution >= 4 is 35.1 Å². The third-order valence-corrected chi connectivity index (χ3v) is 3.31. The van der Waals surface area contributed by atoms with E-state index in [4.69, 9.17) is 23.2 Å². The molecule has 2 rings (SSSR count). The predicted octanol–water partition coefficient (Wildman–Crippen LogP) is 4.17. The first-order valence-corrected chi connectivity index (χ1v) is 6.54. The van der Waals surface area contributed by atoms with Crippen LogP contribution in [0.25, 0.3) is 0 Å². The van der Waals surface area contributed by atoms with Gasteiger partial charge < -0.3 is 10.2 Å². The van der Waals surface area contributed by atoms with E-state index in [0.717, 1.165) is 0 Å². The van der Waals surface area contributed by atoms with Gasteiger partial charge in [-0.1, -0.05) is 23.2 Å². The number of aromatic nitrogens is 1. The molecule has 0 unspecified atom stereocenters. The minimum absolute atomic E-state index is 0.109. The van der Waals surface area contributed by atoms with Crippen LogP contribution in [0.2, 0.25) is 10.0 Å². The number of hydrogen-bond acceptors (Lipinski definition) is 4. The van der Waals surface area contributed by atoms with Crippen molar-refractivity contribution in [3.05, 3.63) is 45.2 Å². The van der Waals surface area contributed by atoms with Gasteiger partial charge in [-0.15, -0.1) is 0 Å². The molecule has 2 N–H and O–H groups in total. The summed E-state index contributed by atoms with van der Waals surface area (Å²) >= 11 is 11.8.